The monoisotopic (exact) mass is 310 g/mol. The maximum atomic E-state index is 12.0. The number of hydrogen-bond acceptors (Lipinski definition) is 4. The number of nitrogens with zero attached hydrogens (tertiary/aromatic N) is 1. The summed E-state index contributed by atoms with van der Waals surface area (Å²) in [7, 11) is -1.11. The molecule has 0 saturated carbocycles. The number of amides is 1. The van der Waals surface area contributed by atoms with E-state index in [0.29, 0.717) is 13.0 Å². The molecule has 1 aromatic carbocycles. The number of carbonyl (C=O) groups is 1. The van der Waals surface area contributed by atoms with Crippen LogP contribution in [0.4, 0.5) is 0 Å². The molecule has 1 aliphatic rings. The summed E-state index contributed by atoms with van der Waals surface area (Å²) in [5, 5.41) is 2.88. The van der Waals surface area contributed by atoms with Crippen molar-refractivity contribution in [3.63, 3.8) is 0 Å². The molecular formula is C15H22N2O3S. The van der Waals surface area contributed by atoms with Gasteiger partial charge in [-0.25, -0.2) is 8.42 Å². The summed E-state index contributed by atoms with van der Waals surface area (Å²) in [6.07, 6.45) is 0.615. The van der Waals surface area contributed by atoms with Crippen molar-refractivity contribution in [2.75, 3.05) is 25.1 Å². The second-order valence-corrected chi connectivity index (χ2v) is 7.90. The van der Waals surface area contributed by atoms with Crippen molar-refractivity contribution in [3.05, 3.63) is 35.4 Å². The Bertz CT molecular complexity index is 613. The Balaban J connectivity index is 1.81. The van der Waals surface area contributed by atoms with Gasteiger partial charge in [0.1, 0.15) is 0 Å². The van der Waals surface area contributed by atoms with Crippen LogP contribution in [0, 0.1) is 6.92 Å². The van der Waals surface area contributed by atoms with E-state index in [9.17, 15) is 13.2 Å². The quantitative estimate of drug-likeness (QED) is 0.871. The minimum absolute atomic E-state index is 0.0424. The zero-order valence-corrected chi connectivity index (χ0v) is 13.3. The molecule has 1 atom stereocenters. The maximum Gasteiger partial charge on any atom is 0.234 e. The highest BCUT2D eigenvalue weighted by Gasteiger charge is 2.31. The fourth-order valence-electron chi connectivity index (χ4n) is 2.54. The highest BCUT2D eigenvalue weighted by Crippen LogP contribution is 2.16. The van der Waals surface area contributed by atoms with E-state index < -0.39 is 9.84 Å². The van der Waals surface area contributed by atoms with E-state index >= 15 is 0 Å². The van der Waals surface area contributed by atoms with Crippen molar-refractivity contribution in [3.8, 4) is 0 Å². The fourth-order valence-corrected chi connectivity index (χ4v) is 4.34. The van der Waals surface area contributed by atoms with E-state index in [1.54, 1.807) is 7.05 Å². The first kappa shape index (κ1) is 16.0. The minimum Gasteiger partial charge on any atom is -0.351 e. The summed E-state index contributed by atoms with van der Waals surface area (Å²) in [4.78, 5) is 13.8. The molecule has 116 valence electrons. The van der Waals surface area contributed by atoms with Crippen molar-refractivity contribution in [1.82, 2.24) is 10.2 Å². The number of benzene rings is 1. The predicted octanol–water partition coefficient (Wildman–Crippen LogP) is 0.730. The van der Waals surface area contributed by atoms with Crippen LogP contribution >= 0.6 is 0 Å². The Morgan fingerprint density at radius 3 is 2.71 bits per heavy atom. The zero-order chi connectivity index (χ0) is 15.5. The predicted molar refractivity (Wildman–Crippen MR) is 82.7 cm³/mol. The second-order valence-electron chi connectivity index (χ2n) is 5.68. The summed E-state index contributed by atoms with van der Waals surface area (Å²) in [6.45, 7) is 2.74. The van der Waals surface area contributed by atoms with Crippen LogP contribution in [0.15, 0.2) is 24.3 Å². The van der Waals surface area contributed by atoms with Crippen LogP contribution in [0.2, 0.25) is 0 Å². The molecule has 1 heterocycles. The molecular weight excluding hydrogens is 288 g/mol. The lowest BCUT2D eigenvalue weighted by Gasteiger charge is -2.22. The number of carbonyl (C=O) groups excluding carboxylic acids is 1. The average Bonchev–Trinajstić information content (AvgIpc) is 2.78. The number of rotatable bonds is 5. The Kier molecular flexibility index (Phi) is 5.00. The molecule has 2 rings (SSSR count). The second kappa shape index (κ2) is 6.58. The van der Waals surface area contributed by atoms with E-state index in [0.717, 1.165) is 11.1 Å². The van der Waals surface area contributed by atoms with Gasteiger partial charge in [-0.3, -0.25) is 9.69 Å². The van der Waals surface area contributed by atoms with Crippen LogP contribution in [0.5, 0.6) is 0 Å². The highest BCUT2D eigenvalue weighted by molar-refractivity contribution is 7.91. The first-order valence-electron chi connectivity index (χ1n) is 7.09. The largest absolute Gasteiger partial charge is 0.351 e. The lowest BCUT2D eigenvalue weighted by atomic mass is 10.1. The van der Waals surface area contributed by atoms with Crippen LogP contribution in [-0.4, -0.2) is 50.4 Å². The molecule has 1 amide bonds. The molecule has 1 aliphatic heterocycles. The Morgan fingerprint density at radius 1 is 1.38 bits per heavy atom. The van der Waals surface area contributed by atoms with Crippen LogP contribution in [0.25, 0.3) is 0 Å². The highest BCUT2D eigenvalue weighted by atomic mass is 32.2. The molecule has 0 radical (unpaired) electrons. The Morgan fingerprint density at radius 2 is 2.10 bits per heavy atom. The molecule has 21 heavy (non-hydrogen) atoms. The zero-order valence-electron chi connectivity index (χ0n) is 12.5. The number of nitrogens with one attached hydrogen (secondary N) is 1. The van der Waals surface area contributed by atoms with Gasteiger partial charge in [0.15, 0.2) is 9.84 Å². The minimum atomic E-state index is -2.91. The van der Waals surface area contributed by atoms with Gasteiger partial charge >= 0.3 is 0 Å². The van der Waals surface area contributed by atoms with Crippen LogP contribution in [-0.2, 0) is 21.2 Å². The molecule has 5 nitrogen and oxygen atoms in total. The van der Waals surface area contributed by atoms with Gasteiger partial charge in [0, 0.05) is 12.6 Å². The lowest BCUT2D eigenvalue weighted by Crippen LogP contribution is -2.41. The topological polar surface area (TPSA) is 66.5 Å². The van der Waals surface area contributed by atoms with Crippen molar-refractivity contribution in [1.29, 1.82) is 0 Å². The smallest absolute Gasteiger partial charge is 0.234 e. The first-order valence-corrected chi connectivity index (χ1v) is 8.91. The number of likely N-dealkylation sites (N-methyl/N-ethyl adjacent to an activating group) is 1. The third-order valence-corrected chi connectivity index (χ3v) is 5.71. The van der Waals surface area contributed by atoms with E-state index in [2.05, 4.69) is 5.32 Å². The number of hydrogen-bond donors (Lipinski definition) is 1. The van der Waals surface area contributed by atoms with Crippen molar-refractivity contribution in [2.45, 2.75) is 25.9 Å². The van der Waals surface area contributed by atoms with Crippen LogP contribution in [0.3, 0.4) is 0 Å². The molecule has 6 heteroatoms. The van der Waals surface area contributed by atoms with Gasteiger partial charge in [-0.2, -0.15) is 0 Å². The third kappa shape index (κ3) is 4.54. The standard InChI is InChI=1S/C15H22N2O3S/c1-12-5-3-4-6-13(12)9-16-15(18)10-17(2)14-7-8-21(19,20)11-14/h3-6,14H,7-11H2,1-2H3,(H,16,18). The SMILES string of the molecule is Cc1ccccc1CNC(=O)CN(C)C1CCS(=O)(=O)C1. The van der Waals surface area contributed by atoms with Crippen LogP contribution in [0.1, 0.15) is 17.5 Å². The first-order chi connectivity index (χ1) is 9.87. The van der Waals surface area contributed by atoms with Crippen molar-refractivity contribution >= 4 is 15.7 Å². The average molecular weight is 310 g/mol. The molecule has 0 bridgehead atoms. The summed E-state index contributed by atoms with van der Waals surface area (Å²) in [5.41, 5.74) is 2.24. The molecule has 0 aromatic heterocycles. The summed E-state index contributed by atoms with van der Waals surface area (Å²) < 4.78 is 22.9. The lowest BCUT2D eigenvalue weighted by molar-refractivity contribution is -0.122. The molecule has 0 aliphatic carbocycles. The summed E-state index contributed by atoms with van der Waals surface area (Å²) in [5.74, 6) is 0.312. The Hall–Kier alpha value is -1.40. The van der Waals surface area contributed by atoms with Crippen molar-refractivity contribution in [2.24, 2.45) is 0 Å². The number of sulfone groups is 1. The number of aryl methyl sites for hydroxylation is 1. The normalized spacial score (nSPS) is 20.6. The van der Waals surface area contributed by atoms with Gasteiger partial charge in [0.2, 0.25) is 5.91 Å². The Labute approximate surface area is 126 Å². The van der Waals surface area contributed by atoms with Gasteiger partial charge in [-0.05, 0) is 31.5 Å². The van der Waals surface area contributed by atoms with Gasteiger partial charge in [-0.15, -0.1) is 0 Å². The summed E-state index contributed by atoms with van der Waals surface area (Å²) >= 11 is 0. The van der Waals surface area contributed by atoms with E-state index in [-0.39, 0.29) is 30.0 Å². The molecule has 1 saturated heterocycles. The van der Waals surface area contributed by atoms with E-state index in [4.69, 9.17) is 0 Å². The maximum absolute atomic E-state index is 12.0. The molecule has 0 spiro atoms. The molecule has 1 aromatic rings. The fraction of sp³-hybridized carbons (Fsp3) is 0.533. The summed E-state index contributed by atoms with van der Waals surface area (Å²) in [6, 6.07) is 7.87. The van der Waals surface area contributed by atoms with Gasteiger partial charge in [0.25, 0.3) is 0 Å². The molecule has 1 fully saturated rings. The third-order valence-electron chi connectivity index (χ3n) is 3.96. The van der Waals surface area contributed by atoms with E-state index in [1.807, 2.05) is 36.1 Å². The molecule has 1 N–H and O–H groups in total. The molecule has 1 unspecified atom stereocenters. The van der Waals surface area contributed by atoms with Crippen LogP contribution < -0.4 is 5.32 Å². The van der Waals surface area contributed by atoms with Gasteiger partial charge < -0.3 is 5.32 Å². The van der Waals surface area contributed by atoms with E-state index in [1.165, 1.54) is 0 Å². The van der Waals surface area contributed by atoms with Crippen molar-refractivity contribution < 1.29 is 13.2 Å². The van der Waals surface area contributed by atoms with Gasteiger partial charge in [-0.1, -0.05) is 24.3 Å². The van der Waals surface area contributed by atoms with Gasteiger partial charge in [0.05, 0.1) is 18.1 Å².